The Hall–Kier alpha value is -3.97. The number of ether oxygens (including phenoxy) is 2. The first-order valence-electron chi connectivity index (χ1n) is 12.4. The molecule has 1 N–H and O–H groups in total. The summed E-state index contributed by atoms with van der Waals surface area (Å²) in [7, 11) is 0. The number of fused-ring (bicyclic) bond motifs is 3. The maximum absolute atomic E-state index is 12.9. The zero-order valence-electron chi connectivity index (χ0n) is 21.4. The highest BCUT2D eigenvalue weighted by Gasteiger charge is 2.31. The molecule has 6 nitrogen and oxygen atoms in total. The molecule has 0 aliphatic heterocycles. The fourth-order valence-corrected chi connectivity index (χ4v) is 5.37. The van der Waals surface area contributed by atoms with E-state index in [0.29, 0.717) is 17.8 Å². The molecular weight excluding hydrogens is 544 g/mol. The van der Waals surface area contributed by atoms with E-state index in [-0.39, 0.29) is 13.2 Å². The maximum Gasteiger partial charge on any atom is 0.411 e. The van der Waals surface area contributed by atoms with Crippen molar-refractivity contribution in [1.29, 1.82) is 0 Å². The number of benzene rings is 3. The van der Waals surface area contributed by atoms with E-state index < -0.39 is 12.1 Å². The van der Waals surface area contributed by atoms with Gasteiger partial charge in [-0.2, -0.15) is 0 Å². The molecule has 4 aromatic rings. The van der Waals surface area contributed by atoms with Crippen molar-refractivity contribution in [2.24, 2.45) is 0 Å². The van der Waals surface area contributed by atoms with Crippen LogP contribution < -0.4 is 5.32 Å². The minimum atomic E-state index is -0.526. The lowest BCUT2D eigenvalue weighted by Gasteiger charge is -2.19. The zero-order chi connectivity index (χ0) is 26.8. The van der Waals surface area contributed by atoms with Gasteiger partial charge in [-0.05, 0) is 77.9 Å². The molecule has 0 spiro atoms. The van der Waals surface area contributed by atoms with Gasteiger partial charge in [0, 0.05) is 27.8 Å². The molecule has 0 radical (unpaired) electrons. The standard InChI is InChI=1S/C31H27BrN2O4/c1-4-37-30(35)29-25-16-21-15-22(32)13-14-24(21)28(25)27(19(3)33-29)23-11-8-12-26(18(23)2)34-31(36)38-17-20-9-6-5-7-10-20/h5-15H,4,16-17H2,1-3H3,(H,34,36). The molecule has 192 valence electrons. The Morgan fingerprint density at radius 3 is 2.50 bits per heavy atom. The maximum atomic E-state index is 12.9. The highest BCUT2D eigenvalue weighted by atomic mass is 79.9. The predicted octanol–water partition coefficient (Wildman–Crippen LogP) is 7.62. The van der Waals surface area contributed by atoms with Crippen molar-refractivity contribution in [2.75, 3.05) is 11.9 Å². The number of carbonyl (C=O) groups excluding carboxylic acids is 2. The minimum absolute atomic E-state index is 0.184. The molecule has 0 saturated heterocycles. The number of pyridine rings is 1. The predicted molar refractivity (Wildman–Crippen MR) is 151 cm³/mol. The second-order valence-corrected chi connectivity index (χ2v) is 10.1. The molecule has 1 aromatic heterocycles. The van der Waals surface area contributed by atoms with E-state index in [1.165, 1.54) is 0 Å². The summed E-state index contributed by atoms with van der Waals surface area (Å²) in [5, 5.41) is 2.89. The van der Waals surface area contributed by atoms with Gasteiger partial charge in [0.25, 0.3) is 0 Å². The number of esters is 1. The number of aryl methyl sites for hydroxylation is 1. The van der Waals surface area contributed by atoms with Gasteiger partial charge in [-0.15, -0.1) is 0 Å². The number of rotatable bonds is 6. The van der Waals surface area contributed by atoms with Crippen LogP contribution in [-0.2, 0) is 22.5 Å². The number of amides is 1. The molecule has 1 heterocycles. The quantitative estimate of drug-likeness (QED) is 0.212. The van der Waals surface area contributed by atoms with Crippen LogP contribution in [0, 0.1) is 13.8 Å². The van der Waals surface area contributed by atoms with Crippen molar-refractivity contribution in [1.82, 2.24) is 4.98 Å². The van der Waals surface area contributed by atoms with E-state index in [1.54, 1.807) is 6.92 Å². The van der Waals surface area contributed by atoms with Crippen molar-refractivity contribution in [3.8, 4) is 22.3 Å². The summed E-state index contributed by atoms with van der Waals surface area (Å²) >= 11 is 3.57. The molecule has 5 rings (SSSR count). The molecule has 0 saturated carbocycles. The molecule has 0 bridgehead atoms. The molecule has 0 fully saturated rings. The van der Waals surface area contributed by atoms with Crippen molar-refractivity contribution in [2.45, 2.75) is 33.8 Å². The molecule has 38 heavy (non-hydrogen) atoms. The number of hydrogen-bond acceptors (Lipinski definition) is 5. The van der Waals surface area contributed by atoms with Gasteiger partial charge in [-0.25, -0.2) is 14.6 Å². The van der Waals surface area contributed by atoms with Gasteiger partial charge in [0.1, 0.15) is 6.61 Å². The number of nitrogens with one attached hydrogen (secondary N) is 1. The normalized spacial score (nSPS) is 11.5. The fourth-order valence-electron chi connectivity index (χ4n) is 4.96. The summed E-state index contributed by atoms with van der Waals surface area (Å²) in [4.78, 5) is 30.2. The van der Waals surface area contributed by atoms with Crippen LogP contribution in [0.3, 0.4) is 0 Å². The number of carbonyl (C=O) groups is 2. The summed E-state index contributed by atoms with van der Waals surface area (Å²) < 4.78 is 11.8. The monoisotopic (exact) mass is 570 g/mol. The SMILES string of the molecule is CCOC(=O)c1nc(C)c(-c2cccc(NC(=O)OCc3ccccc3)c2C)c2c1Cc1cc(Br)ccc1-2. The third kappa shape index (κ3) is 4.94. The Kier molecular flexibility index (Phi) is 7.29. The molecule has 1 amide bonds. The largest absolute Gasteiger partial charge is 0.461 e. The van der Waals surface area contributed by atoms with Crippen LogP contribution in [0.4, 0.5) is 10.5 Å². The summed E-state index contributed by atoms with van der Waals surface area (Å²) in [6.07, 6.45) is 0.0588. The second-order valence-electron chi connectivity index (χ2n) is 9.14. The lowest BCUT2D eigenvalue weighted by Crippen LogP contribution is -2.15. The fraction of sp³-hybridized carbons (Fsp3) is 0.194. The van der Waals surface area contributed by atoms with E-state index in [4.69, 9.17) is 14.5 Å². The van der Waals surface area contributed by atoms with Crippen LogP contribution in [0.2, 0.25) is 0 Å². The third-order valence-electron chi connectivity index (χ3n) is 6.70. The van der Waals surface area contributed by atoms with E-state index in [0.717, 1.165) is 54.7 Å². The Morgan fingerprint density at radius 2 is 1.74 bits per heavy atom. The van der Waals surface area contributed by atoms with Gasteiger partial charge in [0.2, 0.25) is 0 Å². The average molecular weight is 571 g/mol. The molecule has 7 heteroatoms. The number of anilines is 1. The van der Waals surface area contributed by atoms with Crippen LogP contribution in [0.5, 0.6) is 0 Å². The molecule has 1 aliphatic carbocycles. The van der Waals surface area contributed by atoms with Crippen molar-refractivity contribution in [3.05, 3.63) is 105 Å². The van der Waals surface area contributed by atoms with Crippen molar-refractivity contribution >= 4 is 33.7 Å². The van der Waals surface area contributed by atoms with Gasteiger partial charge in [-0.1, -0.05) is 64.5 Å². The number of nitrogens with zero attached hydrogens (tertiary/aromatic N) is 1. The molecule has 0 atom stereocenters. The molecule has 3 aromatic carbocycles. The topological polar surface area (TPSA) is 77.5 Å². The summed E-state index contributed by atoms with van der Waals surface area (Å²) in [5.41, 5.74) is 9.40. The lowest BCUT2D eigenvalue weighted by molar-refractivity contribution is 0.0518. The molecular formula is C31H27BrN2O4. The van der Waals surface area contributed by atoms with Gasteiger partial charge in [0.15, 0.2) is 5.69 Å². The summed E-state index contributed by atoms with van der Waals surface area (Å²) in [5.74, 6) is -0.418. The third-order valence-corrected chi connectivity index (χ3v) is 7.20. The Bertz CT molecular complexity index is 1550. The van der Waals surface area contributed by atoms with Crippen LogP contribution in [0.25, 0.3) is 22.3 Å². The van der Waals surface area contributed by atoms with Gasteiger partial charge in [-0.3, -0.25) is 5.32 Å². The van der Waals surface area contributed by atoms with Crippen molar-refractivity contribution < 1.29 is 19.1 Å². The van der Waals surface area contributed by atoms with Gasteiger partial charge in [0.05, 0.1) is 6.61 Å². The summed E-state index contributed by atoms with van der Waals surface area (Å²) in [6.45, 7) is 6.12. The summed E-state index contributed by atoms with van der Waals surface area (Å²) in [6, 6.07) is 21.5. The Balaban J connectivity index is 1.55. The zero-order valence-corrected chi connectivity index (χ0v) is 23.0. The highest BCUT2D eigenvalue weighted by Crippen LogP contribution is 2.47. The minimum Gasteiger partial charge on any atom is -0.461 e. The first-order chi connectivity index (χ1) is 18.4. The van der Waals surface area contributed by atoms with Crippen LogP contribution in [0.15, 0.2) is 71.2 Å². The van der Waals surface area contributed by atoms with Crippen LogP contribution in [0.1, 0.15) is 45.4 Å². The Morgan fingerprint density at radius 1 is 0.947 bits per heavy atom. The van der Waals surface area contributed by atoms with Crippen LogP contribution >= 0.6 is 15.9 Å². The number of hydrogen-bond donors (Lipinski definition) is 1. The smallest absolute Gasteiger partial charge is 0.411 e. The number of halogens is 1. The van der Waals surface area contributed by atoms with Crippen molar-refractivity contribution in [3.63, 3.8) is 0 Å². The Labute approximate surface area is 230 Å². The second kappa shape index (κ2) is 10.8. The van der Waals surface area contributed by atoms with Gasteiger partial charge >= 0.3 is 12.1 Å². The van der Waals surface area contributed by atoms with Gasteiger partial charge < -0.3 is 9.47 Å². The van der Waals surface area contributed by atoms with Crippen LogP contribution in [-0.4, -0.2) is 23.7 Å². The molecule has 1 aliphatic rings. The number of aromatic nitrogens is 1. The molecule has 0 unspecified atom stereocenters. The van der Waals surface area contributed by atoms with E-state index in [2.05, 4.69) is 33.4 Å². The first-order valence-corrected chi connectivity index (χ1v) is 13.2. The van der Waals surface area contributed by atoms with E-state index in [1.807, 2.05) is 68.4 Å². The lowest BCUT2D eigenvalue weighted by atomic mass is 9.89. The van der Waals surface area contributed by atoms with E-state index >= 15 is 0 Å². The van der Waals surface area contributed by atoms with E-state index in [9.17, 15) is 9.59 Å². The average Bonchev–Trinajstić information content (AvgIpc) is 3.27. The first kappa shape index (κ1) is 25.7. The highest BCUT2D eigenvalue weighted by molar-refractivity contribution is 9.10.